The van der Waals surface area contributed by atoms with Gasteiger partial charge in [-0.15, -0.1) is 11.3 Å². The fourth-order valence-corrected chi connectivity index (χ4v) is 3.23. The first kappa shape index (κ1) is 11.6. The molecule has 0 aliphatic carbocycles. The fourth-order valence-electron chi connectivity index (χ4n) is 2.28. The van der Waals surface area contributed by atoms with E-state index in [1.807, 2.05) is 23.1 Å². The minimum absolute atomic E-state index is 0.00728. The Bertz CT molecular complexity index is 547. The Hall–Kier alpha value is -1.46. The molecule has 1 saturated heterocycles. The Morgan fingerprint density at radius 3 is 3.00 bits per heavy atom. The van der Waals surface area contributed by atoms with E-state index in [0.717, 1.165) is 23.5 Å². The third kappa shape index (κ3) is 2.23. The Morgan fingerprint density at radius 2 is 2.28 bits per heavy atom. The molecule has 0 radical (unpaired) electrons. The lowest BCUT2D eigenvalue weighted by Crippen LogP contribution is -2.30. The smallest absolute Gasteiger partial charge is 0.224 e. The minimum atomic E-state index is 0.00728. The summed E-state index contributed by atoms with van der Waals surface area (Å²) in [6, 6.07) is 8.12. The second-order valence-electron chi connectivity index (χ2n) is 4.63. The lowest BCUT2D eigenvalue weighted by Gasteiger charge is -2.14. The molecule has 4 nitrogen and oxygen atoms in total. The van der Waals surface area contributed by atoms with Crippen LogP contribution in [0.25, 0.3) is 10.2 Å². The molecule has 0 saturated carbocycles. The summed E-state index contributed by atoms with van der Waals surface area (Å²) in [5, 5.41) is 1.09. The summed E-state index contributed by atoms with van der Waals surface area (Å²) in [5.41, 5.74) is 6.81. The zero-order valence-electron chi connectivity index (χ0n) is 10.0. The standard InChI is InChI=1S/C13H15N3OS/c14-9-7-13(17)16(8-9)6-5-12-15-10-3-1-2-4-11(10)18-12/h1-4,9H,5-8,14H2. The number of para-hydroxylation sites is 1. The number of amides is 1. The van der Waals surface area contributed by atoms with Crippen LogP contribution in [0.3, 0.4) is 0 Å². The van der Waals surface area contributed by atoms with Gasteiger partial charge in [0.2, 0.25) is 5.91 Å². The van der Waals surface area contributed by atoms with Gasteiger partial charge in [0.05, 0.1) is 15.2 Å². The Kier molecular flexibility index (Phi) is 3.01. The Balaban J connectivity index is 1.68. The molecule has 1 fully saturated rings. The SMILES string of the molecule is NC1CC(=O)N(CCc2nc3ccccc3s2)C1. The van der Waals surface area contributed by atoms with E-state index in [9.17, 15) is 4.79 Å². The number of fused-ring (bicyclic) bond motifs is 1. The second-order valence-corrected chi connectivity index (χ2v) is 5.74. The number of carbonyl (C=O) groups is 1. The minimum Gasteiger partial charge on any atom is -0.341 e. The third-order valence-corrected chi connectivity index (χ3v) is 4.27. The number of thiazole rings is 1. The third-order valence-electron chi connectivity index (χ3n) is 3.18. The van der Waals surface area contributed by atoms with Crippen molar-refractivity contribution in [2.45, 2.75) is 18.9 Å². The van der Waals surface area contributed by atoms with Gasteiger partial charge in [0.25, 0.3) is 0 Å². The van der Waals surface area contributed by atoms with Crippen molar-refractivity contribution in [3.63, 3.8) is 0 Å². The summed E-state index contributed by atoms with van der Waals surface area (Å²) >= 11 is 1.70. The van der Waals surface area contributed by atoms with Crippen LogP contribution in [0.2, 0.25) is 0 Å². The Labute approximate surface area is 109 Å². The topological polar surface area (TPSA) is 59.2 Å². The largest absolute Gasteiger partial charge is 0.341 e. The summed E-state index contributed by atoms with van der Waals surface area (Å²) in [5.74, 6) is 0.170. The van der Waals surface area contributed by atoms with Gasteiger partial charge in [-0.1, -0.05) is 12.1 Å². The molecule has 0 spiro atoms. The van der Waals surface area contributed by atoms with Crippen LogP contribution in [0, 0.1) is 0 Å². The molecule has 2 heterocycles. The summed E-state index contributed by atoms with van der Waals surface area (Å²) in [6.07, 6.45) is 1.30. The molecule has 94 valence electrons. The summed E-state index contributed by atoms with van der Waals surface area (Å²) in [7, 11) is 0. The van der Waals surface area contributed by atoms with E-state index in [4.69, 9.17) is 5.73 Å². The average molecular weight is 261 g/mol. The van der Waals surface area contributed by atoms with Gasteiger partial charge in [0.1, 0.15) is 0 Å². The molecule has 5 heteroatoms. The zero-order valence-corrected chi connectivity index (χ0v) is 10.8. The molecule has 1 amide bonds. The number of carbonyl (C=O) groups excluding carboxylic acids is 1. The number of hydrogen-bond acceptors (Lipinski definition) is 4. The van der Waals surface area contributed by atoms with Crippen molar-refractivity contribution in [1.82, 2.24) is 9.88 Å². The van der Waals surface area contributed by atoms with Crippen LogP contribution in [-0.2, 0) is 11.2 Å². The van der Waals surface area contributed by atoms with Gasteiger partial charge < -0.3 is 10.6 Å². The first-order valence-electron chi connectivity index (χ1n) is 6.10. The number of benzene rings is 1. The molecule has 3 rings (SSSR count). The number of nitrogens with zero attached hydrogens (tertiary/aromatic N) is 2. The van der Waals surface area contributed by atoms with E-state index >= 15 is 0 Å². The first-order valence-corrected chi connectivity index (χ1v) is 6.92. The molecule has 1 aliphatic heterocycles. The van der Waals surface area contributed by atoms with Gasteiger partial charge in [0.15, 0.2) is 0 Å². The highest BCUT2D eigenvalue weighted by Gasteiger charge is 2.26. The van der Waals surface area contributed by atoms with Gasteiger partial charge in [-0.2, -0.15) is 0 Å². The lowest BCUT2D eigenvalue weighted by molar-refractivity contribution is -0.127. The highest BCUT2D eigenvalue weighted by molar-refractivity contribution is 7.18. The molecule has 1 atom stereocenters. The predicted octanol–water partition coefficient (Wildman–Crippen LogP) is 1.40. The lowest BCUT2D eigenvalue weighted by atomic mass is 10.3. The predicted molar refractivity (Wildman–Crippen MR) is 72.5 cm³/mol. The molecular weight excluding hydrogens is 246 g/mol. The number of rotatable bonds is 3. The molecule has 1 aliphatic rings. The van der Waals surface area contributed by atoms with E-state index < -0.39 is 0 Å². The molecule has 1 unspecified atom stereocenters. The van der Waals surface area contributed by atoms with Crippen molar-refractivity contribution in [2.75, 3.05) is 13.1 Å². The molecular formula is C13H15N3OS. The van der Waals surface area contributed by atoms with E-state index in [1.165, 1.54) is 4.70 Å². The van der Waals surface area contributed by atoms with Gasteiger partial charge in [-0.25, -0.2) is 4.98 Å². The van der Waals surface area contributed by atoms with Crippen LogP contribution in [0.15, 0.2) is 24.3 Å². The molecule has 2 aromatic rings. The highest BCUT2D eigenvalue weighted by atomic mass is 32.1. The molecule has 18 heavy (non-hydrogen) atoms. The van der Waals surface area contributed by atoms with Crippen molar-refractivity contribution in [3.05, 3.63) is 29.3 Å². The maximum atomic E-state index is 11.6. The molecule has 1 aromatic carbocycles. The number of likely N-dealkylation sites (tertiary alicyclic amines) is 1. The Morgan fingerprint density at radius 1 is 1.44 bits per heavy atom. The van der Waals surface area contributed by atoms with E-state index in [1.54, 1.807) is 11.3 Å². The van der Waals surface area contributed by atoms with Crippen LogP contribution < -0.4 is 5.73 Å². The molecule has 1 aromatic heterocycles. The summed E-state index contributed by atoms with van der Waals surface area (Å²) in [4.78, 5) is 18.0. The first-order chi connectivity index (χ1) is 8.72. The van der Waals surface area contributed by atoms with Gasteiger partial charge in [-0.05, 0) is 12.1 Å². The van der Waals surface area contributed by atoms with E-state index in [0.29, 0.717) is 13.0 Å². The highest BCUT2D eigenvalue weighted by Crippen LogP contribution is 2.22. The fraction of sp³-hybridized carbons (Fsp3) is 0.385. The van der Waals surface area contributed by atoms with Crippen LogP contribution in [0.1, 0.15) is 11.4 Å². The number of aromatic nitrogens is 1. The molecule has 2 N–H and O–H groups in total. The van der Waals surface area contributed by atoms with Crippen LogP contribution in [-0.4, -0.2) is 34.9 Å². The zero-order chi connectivity index (χ0) is 12.5. The molecule has 0 bridgehead atoms. The van der Waals surface area contributed by atoms with Crippen molar-refractivity contribution < 1.29 is 4.79 Å². The second kappa shape index (κ2) is 4.66. The maximum Gasteiger partial charge on any atom is 0.224 e. The maximum absolute atomic E-state index is 11.6. The van der Waals surface area contributed by atoms with Crippen LogP contribution in [0.4, 0.5) is 0 Å². The van der Waals surface area contributed by atoms with Crippen molar-refractivity contribution in [2.24, 2.45) is 5.73 Å². The van der Waals surface area contributed by atoms with Crippen molar-refractivity contribution in [3.8, 4) is 0 Å². The van der Waals surface area contributed by atoms with Crippen molar-refractivity contribution in [1.29, 1.82) is 0 Å². The normalized spacial score (nSPS) is 19.9. The number of hydrogen-bond donors (Lipinski definition) is 1. The van der Waals surface area contributed by atoms with Gasteiger partial charge in [-0.3, -0.25) is 4.79 Å². The summed E-state index contributed by atoms with van der Waals surface area (Å²) < 4.78 is 1.21. The van der Waals surface area contributed by atoms with E-state index in [-0.39, 0.29) is 11.9 Å². The van der Waals surface area contributed by atoms with Crippen molar-refractivity contribution >= 4 is 27.5 Å². The summed E-state index contributed by atoms with van der Waals surface area (Å²) in [6.45, 7) is 1.41. The average Bonchev–Trinajstić information content (AvgIpc) is 2.89. The van der Waals surface area contributed by atoms with E-state index in [2.05, 4.69) is 11.1 Å². The van der Waals surface area contributed by atoms with Crippen LogP contribution >= 0.6 is 11.3 Å². The monoisotopic (exact) mass is 261 g/mol. The number of nitrogens with two attached hydrogens (primary N) is 1. The quantitative estimate of drug-likeness (QED) is 0.908. The van der Waals surface area contributed by atoms with Crippen LogP contribution in [0.5, 0.6) is 0 Å². The van der Waals surface area contributed by atoms with Gasteiger partial charge in [0, 0.05) is 32.0 Å². The van der Waals surface area contributed by atoms with Gasteiger partial charge >= 0.3 is 0 Å².